The van der Waals surface area contributed by atoms with Crippen molar-refractivity contribution < 1.29 is 9.59 Å². The maximum Gasteiger partial charge on any atom is 0.243 e. The van der Waals surface area contributed by atoms with Crippen LogP contribution in [0, 0.1) is 0 Å². The maximum atomic E-state index is 13.8. The summed E-state index contributed by atoms with van der Waals surface area (Å²) in [7, 11) is 0. The number of nitrogens with zero attached hydrogens (tertiary/aromatic N) is 1. The minimum atomic E-state index is -0.819. The minimum Gasteiger partial charge on any atom is -0.352 e. The fourth-order valence-corrected chi connectivity index (χ4v) is 4.79. The minimum absolute atomic E-state index is 0.0441. The van der Waals surface area contributed by atoms with Crippen molar-refractivity contribution in [1.29, 1.82) is 0 Å². The Balaban J connectivity index is 2.06. The molecule has 3 aromatic carbocycles. The highest BCUT2D eigenvalue weighted by molar-refractivity contribution is 6.36. The Morgan fingerprint density at radius 1 is 0.771 bits per heavy atom. The predicted molar refractivity (Wildman–Crippen MR) is 144 cm³/mol. The number of benzene rings is 3. The highest BCUT2D eigenvalue weighted by Crippen LogP contribution is 2.29. The molecule has 0 unspecified atom stereocenters. The number of amides is 2. The van der Waals surface area contributed by atoms with Crippen LogP contribution in [0.25, 0.3) is 0 Å². The quantitative estimate of drug-likeness (QED) is 0.311. The summed E-state index contributed by atoms with van der Waals surface area (Å²) in [5, 5.41) is 4.54. The highest BCUT2D eigenvalue weighted by atomic mass is 35.5. The van der Waals surface area contributed by atoms with E-state index in [0.29, 0.717) is 37.6 Å². The summed E-state index contributed by atoms with van der Waals surface area (Å²) in [6.07, 6.45) is 0.226. The largest absolute Gasteiger partial charge is 0.352 e. The van der Waals surface area contributed by atoms with E-state index < -0.39 is 6.04 Å². The molecule has 0 aliphatic rings. The van der Waals surface area contributed by atoms with Crippen LogP contribution in [0.15, 0.2) is 66.7 Å². The van der Waals surface area contributed by atoms with Crippen molar-refractivity contribution in [2.45, 2.75) is 45.3 Å². The molecule has 4 nitrogen and oxygen atoms in total. The zero-order chi connectivity index (χ0) is 25.5. The van der Waals surface area contributed by atoms with Gasteiger partial charge in [0.05, 0.1) is 6.42 Å². The lowest BCUT2D eigenvalue weighted by Crippen LogP contribution is -2.52. The van der Waals surface area contributed by atoms with E-state index in [2.05, 4.69) is 5.32 Å². The van der Waals surface area contributed by atoms with Gasteiger partial charge < -0.3 is 10.2 Å². The van der Waals surface area contributed by atoms with Crippen LogP contribution >= 0.6 is 46.4 Å². The van der Waals surface area contributed by atoms with Gasteiger partial charge in [0.2, 0.25) is 11.8 Å². The second-order valence-electron chi connectivity index (χ2n) is 8.47. The number of carbonyl (C=O) groups excluding carboxylic acids is 2. The SMILES string of the molecule is CC(C)NC(=O)[C@@H](Cc1ccccc1)N(Cc1c(Cl)cccc1Cl)C(=O)Cc1c(Cl)cccc1Cl. The lowest BCUT2D eigenvalue weighted by molar-refractivity contribution is -0.141. The topological polar surface area (TPSA) is 49.4 Å². The molecule has 0 aliphatic heterocycles. The van der Waals surface area contributed by atoms with Crippen LogP contribution in [-0.2, 0) is 29.0 Å². The molecule has 3 aromatic rings. The summed E-state index contributed by atoms with van der Waals surface area (Å²) in [4.78, 5) is 28.7. The number of nitrogens with one attached hydrogen (secondary N) is 1. The third kappa shape index (κ3) is 7.37. The van der Waals surface area contributed by atoms with Gasteiger partial charge in [0, 0.05) is 44.7 Å². The molecule has 0 spiro atoms. The van der Waals surface area contributed by atoms with Gasteiger partial charge in [0.25, 0.3) is 0 Å². The smallest absolute Gasteiger partial charge is 0.243 e. The van der Waals surface area contributed by atoms with Crippen molar-refractivity contribution in [3.8, 4) is 0 Å². The second-order valence-corrected chi connectivity index (χ2v) is 10.1. The van der Waals surface area contributed by atoms with E-state index in [0.717, 1.165) is 5.56 Å². The number of rotatable bonds is 9. The lowest BCUT2D eigenvalue weighted by Gasteiger charge is -2.33. The molecule has 0 aromatic heterocycles. The number of halogens is 4. The van der Waals surface area contributed by atoms with E-state index >= 15 is 0 Å². The van der Waals surface area contributed by atoms with Gasteiger partial charge in [0.15, 0.2) is 0 Å². The lowest BCUT2D eigenvalue weighted by atomic mass is 10.0. The molecule has 1 N–H and O–H groups in total. The van der Waals surface area contributed by atoms with Gasteiger partial charge in [-0.25, -0.2) is 0 Å². The monoisotopic (exact) mass is 550 g/mol. The first-order valence-electron chi connectivity index (χ1n) is 11.2. The van der Waals surface area contributed by atoms with E-state index in [1.807, 2.05) is 44.2 Å². The van der Waals surface area contributed by atoms with Crippen molar-refractivity contribution >= 4 is 58.2 Å². The maximum absolute atomic E-state index is 13.8. The van der Waals surface area contributed by atoms with Crippen LogP contribution in [0.4, 0.5) is 0 Å². The average molecular weight is 552 g/mol. The molecule has 184 valence electrons. The normalized spacial score (nSPS) is 11.9. The molecule has 0 radical (unpaired) electrons. The Morgan fingerprint density at radius 2 is 1.29 bits per heavy atom. The summed E-state index contributed by atoms with van der Waals surface area (Å²) in [5.74, 6) is -0.596. The van der Waals surface area contributed by atoms with Crippen LogP contribution < -0.4 is 5.32 Å². The van der Waals surface area contributed by atoms with E-state index in [1.165, 1.54) is 4.90 Å². The van der Waals surface area contributed by atoms with Crippen molar-refractivity contribution in [2.24, 2.45) is 0 Å². The molecule has 8 heteroatoms. The highest BCUT2D eigenvalue weighted by Gasteiger charge is 2.32. The summed E-state index contributed by atoms with van der Waals surface area (Å²) in [6, 6.07) is 18.8. The Kier molecular flexibility index (Phi) is 9.88. The molecule has 35 heavy (non-hydrogen) atoms. The average Bonchev–Trinajstić information content (AvgIpc) is 2.80. The molecule has 0 aliphatic carbocycles. The Bertz CT molecular complexity index is 1140. The van der Waals surface area contributed by atoms with Crippen LogP contribution in [0.3, 0.4) is 0 Å². The third-order valence-electron chi connectivity index (χ3n) is 5.48. The molecule has 0 bridgehead atoms. The van der Waals surface area contributed by atoms with Gasteiger partial charge in [-0.1, -0.05) is 88.9 Å². The van der Waals surface area contributed by atoms with Crippen LogP contribution in [-0.4, -0.2) is 28.8 Å². The van der Waals surface area contributed by atoms with Gasteiger partial charge in [-0.3, -0.25) is 9.59 Å². The molecular weight excluding hydrogens is 526 g/mol. The molecule has 0 fully saturated rings. The van der Waals surface area contributed by atoms with Gasteiger partial charge in [-0.2, -0.15) is 0 Å². The molecule has 0 saturated carbocycles. The predicted octanol–water partition coefficient (Wildman–Crippen LogP) is 7.01. The van der Waals surface area contributed by atoms with E-state index in [1.54, 1.807) is 36.4 Å². The number of hydrogen-bond acceptors (Lipinski definition) is 2. The molecule has 1 atom stereocenters. The van der Waals surface area contributed by atoms with Crippen molar-refractivity contribution in [2.75, 3.05) is 0 Å². The van der Waals surface area contributed by atoms with Gasteiger partial charge in [-0.05, 0) is 49.2 Å². The summed E-state index contributed by atoms with van der Waals surface area (Å²) in [5.41, 5.74) is 1.97. The van der Waals surface area contributed by atoms with E-state index in [4.69, 9.17) is 46.4 Å². The molecule has 3 rings (SSSR count). The van der Waals surface area contributed by atoms with Crippen molar-refractivity contribution in [3.63, 3.8) is 0 Å². The zero-order valence-corrected chi connectivity index (χ0v) is 22.4. The molecule has 2 amide bonds. The standard InChI is InChI=1S/C27H26Cl4N2O2/c1-17(2)32-27(35)25(14-18-8-4-3-5-9-18)33(16-20-23(30)12-7-13-24(20)31)26(34)15-19-21(28)10-6-11-22(19)29/h3-13,17,25H,14-16H2,1-2H3,(H,32,35)/t25-/m1/s1. The van der Waals surface area contributed by atoms with E-state index in [9.17, 15) is 9.59 Å². The molecule has 0 saturated heterocycles. The first kappa shape index (κ1) is 27.3. The van der Waals surface area contributed by atoms with Crippen LogP contribution in [0.5, 0.6) is 0 Å². The first-order chi connectivity index (χ1) is 16.7. The summed E-state index contributed by atoms with van der Waals surface area (Å²) in [6.45, 7) is 3.79. The van der Waals surface area contributed by atoms with Crippen LogP contribution in [0.2, 0.25) is 20.1 Å². The van der Waals surface area contributed by atoms with Gasteiger partial charge in [-0.15, -0.1) is 0 Å². The summed E-state index contributed by atoms with van der Waals surface area (Å²) >= 11 is 25.6. The second kappa shape index (κ2) is 12.6. The van der Waals surface area contributed by atoms with Crippen LogP contribution in [0.1, 0.15) is 30.5 Å². The van der Waals surface area contributed by atoms with Crippen molar-refractivity contribution in [1.82, 2.24) is 10.2 Å². The summed E-state index contributed by atoms with van der Waals surface area (Å²) < 4.78 is 0. The van der Waals surface area contributed by atoms with Crippen molar-refractivity contribution in [3.05, 3.63) is 104 Å². The Labute approximate surface area is 226 Å². The molecule has 0 heterocycles. The third-order valence-corrected chi connectivity index (χ3v) is 6.90. The number of carbonyl (C=O) groups is 2. The zero-order valence-electron chi connectivity index (χ0n) is 19.4. The van der Waals surface area contributed by atoms with E-state index in [-0.39, 0.29) is 30.8 Å². The first-order valence-corrected chi connectivity index (χ1v) is 12.7. The van der Waals surface area contributed by atoms with Gasteiger partial charge in [0.1, 0.15) is 6.04 Å². The fourth-order valence-electron chi connectivity index (χ4n) is 3.74. The van der Waals surface area contributed by atoms with Gasteiger partial charge >= 0.3 is 0 Å². The Morgan fingerprint density at radius 3 is 1.80 bits per heavy atom. The fraction of sp³-hybridized carbons (Fsp3) is 0.259. The number of hydrogen-bond donors (Lipinski definition) is 1. The Hall–Kier alpha value is -2.24. The molecular formula is C27H26Cl4N2O2.